The summed E-state index contributed by atoms with van der Waals surface area (Å²) in [5.41, 5.74) is 2.68. The largest absolute Gasteiger partial charge is 0.324 e. The maximum atomic E-state index is 13.4. The minimum atomic E-state index is -0.360. The predicted octanol–water partition coefficient (Wildman–Crippen LogP) is 6.00. The van der Waals surface area contributed by atoms with Crippen LogP contribution in [0.3, 0.4) is 0 Å². The van der Waals surface area contributed by atoms with Crippen LogP contribution in [0.15, 0.2) is 47.3 Å². The Morgan fingerprint density at radius 3 is 2.55 bits per heavy atom. The number of carbonyl (C=O) groups is 1. The van der Waals surface area contributed by atoms with E-state index < -0.39 is 0 Å². The fourth-order valence-electron chi connectivity index (χ4n) is 3.34. The zero-order valence-electron chi connectivity index (χ0n) is 17.1. The zero-order valence-corrected chi connectivity index (χ0v) is 19.5. The molecule has 4 rings (SSSR count). The van der Waals surface area contributed by atoms with E-state index in [4.69, 9.17) is 28.2 Å². The number of thiophene rings is 1. The highest BCUT2D eigenvalue weighted by molar-refractivity contribution is 7.18. The predicted molar refractivity (Wildman–Crippen MR) is 129 cm³/mol. The summed E-state index contributed by atoms with van der Waals surface area (Å²) in [6.07, 6.45) is 0. The molecular weight excluding hydrogens is 453 g/mol. The molecule has 1 amide bonds. The summed E-state index contributed by atoms with van der Waals surface area (Å²) in [7, 11) is 0. The number of aromatic nitrogens is 2. The van der Waals surface area contributed by atoms with Gasteiger partial charge in [0, 0.05) is 21.2 Å². The number of fused-ring (bicyclic) bond motifs is 1. The molecule has 0 fully saturated rings. The molecule has 0 atom stereocenters. The minimum absolute atomic E-state index is 0.206. The van der Waals surface area contributed by atoms with Crippen LogP contribution in [0.2, 0.25) is 10.0 Å². The molecule has 158 valence electrons. The van der Waals surface area contributed by atoms with Crippen molar-refractivity contribution in [3.05, 3.63) is 78.9 Å². The number of rotatable bonds is 4. The maximum absolute atomic E-state index is 13.4. The molecule has 2 aromatic heterocycles. The molecule has 2 aromatic carbocycles. The smallest absolute Gasteiger partial charge is 0.263 e. The van der Waals surface area contributed by atoms with Crippen LogP contribution in [0.5, 0.6) is 0 Å². The van der Waals surface area contributed by atoms with Crippen molar-refractivity contribution in [1.82, 2.24) is 9.55 Å². The Bertz CT molecular complexity index is 1390. The lowest BCUT2D eigenvalue weighted by atomic mass is 10.1. The fraction of sp³-hybridized carbons (Fsp3) is 0.174. The van der Waals surface area contributed by atoms with Gasteiger partial charge in [-0.05, 0) is 56.2 Å². The molecule has 0 aliphatic rings. The first-order valence-corrected chi connectivity index (χ1v) is 11.1. The standard InChI is InChI=1S/C23H19Cl2N3O2S/c1-12-8-9-15(10-18(12)25)26-19(29)11-28-21(16-6-4-5-7-17(16)24)27-22-20(23(28)30)13(2)14(3)31-22/h4-10H,11H2,1-3H3,(H,26,29). The first kappa shape index (κ1) is 21.6. The van der Waals surface area contributed by atoms with Gasteiger partial charge in [-0.3, -0.25) is 14.2 Å². The number of benzene rings is 2. The van der Waals surface area contributed by atoms with E-state index in [1.54, 1.807) is 30.3 Å². The van der Waals surface area contributed by atoms with E-state index in [-0.39, 0.29) is 18.0 Å². The van der Waals surface area contributed by atoms with Crippen LogP contribution in [-0.2, 0) is 11.3 Å². The number of nitrogens with one attached hydrogen (secondary N) is 1. The van der Waals surface area contributed by atoms with E-state index in [1.807, 2.05) is 32.9 Å². The van der Waals surface area contributed by atoms with Gasteiger partial charge in [-0.25, -0.2) is 4.98 Å². The van der Waals surface area contributed by atoms with Crippen molar-refractivity contribution in [1.29, 1.82) is 0 Å². The number of hydrogen-bond donors (Lipinski definition) is 1. The van der Waals surface area contributed by atoms with Gasteiger partial charge in [-0.15, -0.1) is 11.3 Å². The lowest BCUT2D eigenvalue weighted by molar-refractivity contribution is -0.116. The van der Waals surface area contributed by atoms with Gasteiger partial charge in [0.2, 0.25) is 5.91 Å². The van der Waals surface area contributed by atoms with Gasteiger partial charge in [0.25, 0.3) is 5.56 Å². The van der Waals surface area contributed by atoms with Gasteiger partial charge in [0.15, 0.2) is 0 Å². The van der Waals surface area contributed by atoms with Crippen molar-refractivity contribution in [2.45, 2.75) is 27.3 Å². The quantitative estimate of drug-likeness (QED) is 0.397. The van der Waals surface area contributed by atoms with E-state index >= 15 is 0 Å². The number of amides is 1. The minimum Gasteiger partial charge on any atom is -0.324 e. The third kappa shape index (κ3) is 4.11. The molecule has 0 aliphatic heterocycles. The van der Waals surface area contributed by atoms with Crippen LogP contribution < -0.4 is 10.9 Å². The van der Waals surface area contributed by atoms with Crippen LogP contribution in [-0.4, -0.2) is 15.5 Å². The van der Waals surface area contributed by atoms with E-state index in [9.17, 15) is 9.59 Å². The van der Waals surface area contributed by atoms with Crippen molar-refractivity contribution in [2.75, 3.05) is 5.32 Å². The zero-order chi connectivity index (χ0) is 22.3. The van der Waals surface area contributed by atoms with Gasteiger partial charge in [-0.2, -0.15) is 0 Å². The molecule has 5 nitrogen and oxygen atoms in total. The van der Waals surface area contributed by atoms with Crippen LogP contribution in [0.25, 0.3) is 21.6 Å². The second kappa shape index (κ2) is 8.46. The molecule has 2 heterocycles. The van der Waals surface area contributed by atoms with Crippen molar-refractivity contribution in [3.63, 3.8) is 0 Å². The summed E-state index contributed by atoms with van der Waals surface area (Å²) >= 11 is 14.0. The molecule has 0 unspecified atom stereocenters. The van der Waals surface area contributed by atoms with E-state index in [1.165, 1.54) is 15.9 Å². The van der Waals surface area contributed by atoms with Crippen molar-refractivity contribution >= 4 is 56.3 Å². The van der Waals surface area contributed by atoms with Crippen molar-refractivity contribution in [2.24, 2.45) is 0 Å². The second-order valence-corrected chi connectivity index (χ2v) is 9.30. The average Bonchev–Trinajstić information content (AvgIpc) is 3.01. The molecule has 0 saturated heterocycles. The Kier molecular flexibility index (Phi) is 5.88. The SMILES string of the molecule is Cc1ccc(NC(=O)Cn2c(-c3ccccc3Cl)nc3sc(C)c(C)c3c2=O)cc1Cl. The first-order chi connectivity index (χ1) is 14.8. The molecule has 0 bridgehead atoms. The summed E-state index contributed by atoms with van der Waals surface area (Å²) in [5, 5.41) is 4.35. The Hall–Kier alpha value is -2.67. The number of anilines is 1. The van der Waals surface area contributed by atoms with E-state index in [2.05, 4.69) is 5.32 Å². The van der Waals surface area contributed by atoms with E-state index in [0.29, 0.717) is 37.3 Å². The monoisotopic (exact) mass is 471 g/mol. The number of halogens is 2. The summed E-state index contributed by atoms with van der Waals surface area (Å²) in [6.45, 7) is 5.52. The Morgan fingerprint density at radius 2 is 1.84 bits per heavy atom. The molecular formula is C23H19Cl2N3O2S. The summed E-state index contributed by atoms with van der Waals surface area (Å²) < 4.78 is 1.38. The summed E-state index contributed by atoms with van der Waals surface area (Å²) in [5.74, 6) is 0.00233. The van der Waals surface area contributed by atoms with Gasteiger partial charge in [0.05, 0.1) is 10.4 Å². The van der Waals surface area contributed by atoms with Crippen molar-refractivity contribution < 1.29 is 4.79 Å². The third-order valence-corrected chi connectivity index (χ3v) is 7.00. The van der Waals surface area contributed by atoms with Crippen LogP contribution in [0.1, 0.15) is 16.0 Å². The van der Waals surface area contributed by atoms with Gasteiger partial charge in [-0.1, -0.05) is 41.4 Å². The summed E-state index contributed by atoms with van der Waals surface area (Å²) in [4.78, 5) is 32.7. The molecule has 0 aliphatic carbocycles. The molecule has 31 heavy (non-hydrogen) atoms. The second-order valence-electron chi connectivity index (χ2n) is 7.28. The highest BCUT2D eigenvalue weighted by Crippen LogP contribution is 2.31. The average molecular weight is 472 g/mol. The maximum Gasteiger partial charge on any atom is 0.263 e. The molecule has 0 saturated carbocycles. The number of nitrogens with zero attached hydrogens (tertiary/aromatic N) is 2. The van der Waals surface area contributed by atoms with Crippen LogP contribution in [0.4, 0.5) is 5.69 Å². The number of hydrogen-bond acceptors (Lipinski definition) is 4. The normalized spacial score (nSPS) is 11.1. The third-order valence-electron chi connectivity index (χ3n) is 5.16. The van der Waals surface area contributed by atoms with Crippen molar-refractivity contribution in [3.8, 4) is 11.4 Å². The molecule has 1 N–H and O–H groups in total. The topological polar surface area (TPSA) is 64.0 Å². The highest BCUT2D eigenvalue weighted by Gasteiger charge is 2.20. The summed E-state index contributed by atoms with van der Waals surface area (Å²) in [6, 6.07) is 12.4. The van der Waals surface area contributed by atoms with Gasteiger partial charge in [0.1, 0.15) is 17.2 Å². The lowest BCUT2D eigenvalue weighted by Crippen LogP contribution is -2.30. The highest BCUT2D eigenvalue weighted by atomic mass is 35.5. The lowest BCUT2D eigenvalue weighted by Gasteiger charge is -2.14. The Morgan fingerprint density at radius 1 is 1.10 bits per heavy atom. The van der Waals surface area contributed by atoms with E-state index in [0.717, 1.165) is 16.0 Å². The van der Waals surface area contributed by atoms with Crippen LogP contribution >= 0.6 is 34.5 Å². The van der Waals surface area contributed by atoms with Gasteiger partial charge < -0.3 is 5.32 Å². The van der Waals surface area contributed by atoms with Crippen LogP contribution in [0, 0.1) is 20.8 Å². The Balaban J connectivity index is 1.82. The van der Waals surface area contributed by atoms with Gasteiger partial charge >= 0.3 is 0 Å². The molecule has 4 aromatic rings. The molecule has 0 spiro atoms. The Labute approximate surface area is 193 Å². The number of aryl methyl sites for hydroxylation is 3. The number of carbonyl (C=O) groups excluding carboxylic acids is 1. The fourth-order valence-corrected chi connectivity index (χ4v) is 4.76. The first-order valence-electron chi connectivity index (χ1n) is 9.57. The molecule has 0 radical (unpaired) electrons. The molecule has 8 heteroatoms.